The van der Waals surface area contributed by atoms with Crippen molar-refractivity contribution in [1.82, 2.24) is 15.1 Å². The summed E-state index contributed by atoms with van der Waals surface area (Å²) in [5, 5.41) is 3.42. The summed E-state index contributed by atoms with van der Waals surface area (Å²) in [6, 6.07) is 0.734. The lowest BCUT2D eigenvalue weighted by Gasteiger charge is -2.34. The van der Waals surface area contributed by atoms with Gasteiger partial charge in [0.2, 0.25) is 0 Å². The summed E-state index contributed by atoms with van der Waals surface area (Å²) in [5.41, 5.74) is 0. The second kappa shape index (κ2) is 5.28. The Morgan fingerprint density at radius 2 is 2.07 bits per heavy atom. The number of nitrogens with zero attached hydrogens (tertiary/aromatic N) is 2. The van der Waals surface area contributed by atoms with Crippen LogP contribution in [0.15, 0.2) is 0 Å². The summed E-state index contributed by atoms with van der Waals surface area (Å²) in [5.74, 6) is 0.922. The van der Waals surface area contributed by atoms with Crippen molar-refractivity contribution in [3.8, 4) is 0 Å². The third kappa shape index (κ3) is 3.16. The van der Waals surface area contributed by atoms with Gasteiger partial charge >= 0.3 is 0 Å². The van der Waals surface area contributed by atoms with E-state index in [1.54, 1.807) is 0 Å². The predicted molar refractivity (Wildman–Crippen MR) is 64.1 cm³/mol. The van der Waals surface area contributed by atoms with Crippen molar-refractivity contribution in [1.29, 1.82) is 0 Å². The van der Waals surface area contributed by atoms with Gasteiger partial charge in [0.15, 0.2) is 0 Å². The van der Waals surface area contributed by atoms with E-state index in [1.807, 2.05) is 0 Å². The Morgan fingerprint density at radius 1 is 1.20 bits per heavy atom. The molecule has 2 aliphatic heterocycles. The molecule has 15 heavy (non-hydrogen) atoms. The Hall–Kier alpha value is -0.120. The van der Waals surface area contributed by atoms with E-state index in [0.717, 1.165) is 12.0 Å². The van der Waals surface area contributed by atoms with Gasteiger partial charge in [-0.1, -0.05) is 0 Å². The predicted octanol–water partition coefficient (Wildman–Crippen LogP) is 0.622. The Kier molecular flexibility index (Phi) is 4.00. The quantitative estimate of drug-likeness (QED) is 0.738. The summed E-state index contributed by atoms with van der Waals surface area (Å²) in [7, 11) is 4.34. The average Bonchev–Trinajstić information content (AvgIpc) is 2.64. The van der Waals surface area contributed by atoms with Crippen LogP contribution in [-0.4, -0.2) is 62.7 Å². The largest absolute Gasteiger partial charge is 0.316 e. The van der Waals surface area contributed by atoms with Gasteiger partial charge in [-0.15, -0.1) is 0 Å². The van der Waals surface area contributed by atoms with Gasteiger partial charge in [-0.05, 0) is 52.4 Å². The first-order valence-corrected chi connectivity index (χ1v) is 6.36. The SMILES string of the molecule is CNC1CCCN(CC2CCN(C)C2)C1. The van der Waals surface area contributed by atoms with Crippen molar-refractivity contribution in [2.45, 2.75) is 25.3 Å². The van der Waals surface area contributed by atoms with Crippen LogP contribution in [0.2, 0.25) is 0 Å². The fourth-order valence-corrected chi connectivity index (χ4v) is 3.00. The Bertz CT molecular complexity index is 195. The van der Waals surface area contributed by atoms with Gasteiger partial charge in [0.1, 0.15) is 0 Å². The lowest BCUT2D eigenvalue weighted by molar-refractivity contribution is 0.170. The van der Waals surface area contributed by atoms with E-state index in [1.165, 1.54) is 52.0 Å². The second-order valence-electron chi connectivity index (χ2n) is 5.30. The molecule has 3 nitrogen and oxygen atoms in total. The number of likely N-dealkylation sites (N-methyl/N-ethyl adjacent to an activating group) is 1. The zero-order chi connectivity index (χ0) is 10.7. The van der Waals surface area contributed by atoms with Crippen LogP contribution in [0.3, 0.4) is 0 Å². The third-order valence-electron chi connectivity index (χ3n) is 3.92. The minimum absolute atomic E-state index is 0.734. The lowest BCUT2D eigenvalue weighted by Crippen LogP contribution is -2.46. The van der Waals surface area contributed by atoms with Crippen LogP contribution in [0.5, 0.6) is 0 Å². The number of nitrogens with one attached hydrogen (secondary N) is 1. The zero-order valence-electron chi connectivity index (χ0n) is 10.2. The molecule has 2 fully saturated rings. The summed E-state index contributed by atoms with van der Waals surface area (Å²) in [4.78, 5) is 5.12. The fourth-order valence-electron chi connectivity index (χ4n) is 3.00. The highest BCUT2D eigenvalue weighted by molar-refractivity contribution is 4.81. The molecule has 0 aromatic heterocycles. The van der Waals surface area contributed by atoms with E-state index < -0.39 is 0 Å². The monoisotopic (exact) mass is 211 g/mol. The van der Waals surface area contributed by atoms with E-state index >= 15 is 0 Å². The van der Waals surface area contributed by atoms with Crippen LogP contribution < -0.4 is 5.32 Å². The number of hydrogen-bond acceptors (Lipinski definition) is 3. The van der Waals surface area contributed by atoms with E-state index in [-0.39, 0.29) is 0 Å². The first-order chi connectivity index (χ1) is 7.28. The highest BCUT2D eigenvalue weighted by Crippen LogP contribution is 2.18. The van der Waals surface area contributed by atoms with Crippen LogP contribution in [0, 0.1) is 5.92 Å². The molecular weight excluding hydrogens is 186 g/mol. The van der Waals surface area contributed by atoms with Gasteiger partial charge in [0, 0.05) is 25.7 Å². The smallest absolute Gasteiger partial charge is 0.0192 e. The summed E-state index contributed by atoms with van der Waals surface area (Å²) >= 11 is 0. The summed E-state index contributed by atoms with van der Waals surface area (Å²) in [6.45, 7) is 6.51. The standard InChI is InChI=1S/C12H25N3/c1-13-12-4-3-6-15(10-12)9-11-5-7-14(2)8-11/h11-13H,3-10H2,1-2H3. The van der Waals surface area contributed by atoms with E-state index in [0.29, 0.717) is 0 Å². The minimum Gasteiger partial charge on any atom is -0.316 e. The van der Waals surface area contributed by atoms with Crippen molar-refractivity contribution in [2.24, 2.45) is 5.92 Å². The first kappa shape index (κ1) is 11.4. The first-order valence-electron chi connectivity index (χ1n) is 6.36. The minimum atomic E-state index is 0.734. The molecule has 0 amide bonds. The molecule has 3 heteroatoms. The number of likely N-dealkylation sites (tertiary alicyclic amines) is 2. The van der Waals surface area contributed by atoms with Gasteiger partial charge in [-0.25, -0.2) is 0 Å². The van der Waals surface area contributed by atoms with E-state index in [9.17, 15) is 0 Å². The molecule has 0 saturated carbocycles. The van der Waals surface area contributed by atoms with E-state index in [4.69, 9.17) is 0 Å². The number of piperidine rings is 1. The molecule has 2 atom stereocenters. The van der Waals surface area contributed by atoms with Crippen LogP contribution in [-0.2, 0) is 0 Å². The number of hydrogen-bond donors (Lipinski definition) is 1. The van der Waals surface area contributed by atoms with Crippen LogP contribution in [0.1, 0.15) is 19.3 Å². The maximum Gasteiger partial charge on any atom is 0.0192 e. The normalized spacial score (nSPS) is 34.8. The highest BCUT2D eigenvalue weighted by Gasteiger charge is 2.24. The molecule has 2 rings (SSSR count). The molecule has 2 saturated heterocycles. The maximum absolute atomic E-state index is 3.42. The van der Waals surface area contributed by atoms with Crippen LogP contribution >= 0.6 is 0 Å². The molecule has 2 unspecified atom stereocenters. The van der Waals surface area contributed by atoms with Gasteiger partial charge in [0.25, 0.3) is 0 Å². The summed E-state index contributed by atoms with van der Waals surface area (Å²) < 4.78 is 0. The van der Waals surface area contributed by atoms with Gasteiger partial charge < -0.3 is 15.1 Å². The Labute approximate surface area is 93.8 Å². The van der Waals surface area contributed by atoms with Crippen LogP contribution in [0.25, 0.3) is 0 Å². The lowest BCUT2D eigenvalue weighted by atomic mass is 10.0. The molecule has 1 N–H and O–H groups in total. The molecule has 2 aliphatic rings. The highest BCUT2D eigenvalue weighted by atomic mass is 15.2. The van der Waals surface area contributed by atoms with Crippen molar-refractivity contribution < 1.29 is 0 Å². The van der Waals surface area contributed by atoms with Gasteiger partial charge in [-0.3, -0.25) is 0 Å². The summed E-state index contributed by atoms with van der Waals surface area (Å²) in [6.07, 6.45) is 4.13. The third-order valence-corrected chi connectivity index (χ3v) is 3.92. The Balaban J connectivity index is 1.74. The van der Waals surface area contributed by atoms with Crippen molar-refractivity contribution in [3.63, 3.8) is 0 Å². The molecule has 88 valence electrons. The average molecular weight is 211 g/mol. The van der Waals surface area contributed by atoms with Crippen molar-refractivity contribution in [3.05, 3.63) is 0 Å². The molecule has 0 aromatic carbocycles. The molecular formula is C12H25N3. The second-order valence-corrected chi connectivity index (χ2v) is 5.30. The van der Waals surface area contributed by atoms with Crippen molar-refractivity contribution >= 4 is 0 Å². The topological polar surface area (TPSA) is 18.5 Å². The molecule has 0 bridgehead atoms. The maximum atomic E-state index is 3.42. The fraction of sp³-hybridized carbons (Fsp3) is 1.00. The zero-order valence-corrected chi connectivity index (χ0v) is 10.2. The molecule has 2 heterocycles. The molecule has 0 aliphatic carbocycles. The molecule has 0 spiro atoms. The molecule has 0 aromatic rings. The Morgan fingerprint density at radius 3 is 2.73 bits per heavy atom. The van der Waals surface area contributed by atoms with Crippen molar-refractivity contribution in [2.75, 3.05) is 46.8 Å². The number of rotatable bonds is 3. The molecule has 0 radical (unpaired) electrons. The van der Waals surface area contributed by atoms with E-state index in [2.05, 4.69) is 29.2 Å². The van der Waals surface area contributed by atoms with Gasteiger partial charge in [-0.2, -0.15) is 0 Å². The van der Waals surface area contributed by atoms with Crippen LogP contribution in [0.4, 0.5) is 0 Å². The van der Waals surface area contributed by atoms with Gasteiger partial charge in [0.05, 0.1) is 0 Å².